The average Bonchev–Trinajstić information content (AvgIpc) is 3.10. The van der Waals surface area contributed by atoms with Crippen molar-refractivity contribution in [3.63, 3.8) is 0 Å². The quantitative estimate of drug-likeness (QED) is 0.599. The molecule has 0 saturated carbocycles. The number of rotatable bonds is 8. The Labute approximate surface area is 182 Å². The normalized spacial score (nSPS) is 14.1. The first-order chi connectivity index (χ1) is 14.4. The van der Waals surface area contributed by atoms with Gasteiger partial charge >= 0.3 is 0 Å². The molecule has 0 spiro atoms. The van der Waals surface area contributed by atoms with Gasteiger partial charge in [0.15, 0.2) is 5.78 Å². The second-order valence-corrected chi connectivity index (χ2v) is 9.31. The van der Waals surface area contributed by atoms with Crippen LogP contribution in [0.5, 0.6) is 0 Å². The van der Waals surface area contributed by atoms with E-state index in [9.17, 15) is 14.4 Å². The molecular formula is C24H30N2O3S. The highest BCUT2D eigenvalue weighted by atomic mass is 32.1. The second-order valence-electron chi connectivity index (χ2n) is 7.85. The number of hydrogen-bond acceptors (Lipinski definition) is 4. The molecule has 0 N–H and O–H groups in total. The van der Waals surface area contributed by atoms with E-state index in [-0.39, 0.29) is 30.4 Å². The highest BCUT2D eigenvalue weighted by Crippen LogP contribution is 2.22. The van der Waals surface area contributed by atoms with Crippen LogP contribution in [-0.4, -0.2) is 53.6 Å². The summed E-state index contributed by atoms with van der Waals surface area (Å²) in [6, 6.07) is 12.1. The predicted octanol–water partition coefficient (Wildman–Crippen LogP) is 4.02. The van der Waals surface area contributed by atoms with Crippen molar-refractivity contribution in [2.24, 2.45) is 0 Å². The van der Waals surface area contributed by atoms with Crippen LogP contribution >= 0.6 is 11.3 Å². The predicted molar refractivity (Wildman–Crippen MR) is 120 cm³/mol. The zero-order valence-electron chi connectivity index (χ0n) is 17.9. The number of benzene rings is 1. The van der Waals surface area contributed by atoms with E-state index in [0.29, 0.717) is 32.6 Å². The van der Waals surface area contributed by atoms with Crippen LogP contribution < -0.4 is 0 Å². The minimum Gasteiger partial charge on any atom is -0.339 e. The van der Waals surface area contributed by atoms with Crippen molar-refractivity contribution < 1.29 is 14.4 Å². The summed E-state index contributed by atoms with van der Waals surface area (Å²) in [5.74, 6) is 0.207. The number of hydrogen-bond donors (Lipinski definition) is 0. The van der Waals surface area contributed by atoms with Crippen molar-refractivity contribution in [2.75, 3.05) is 26.2 Å². The molecule has 0 unspecified atom stereocenters. The summed E-state index contributed by atoms with van der Waals surface area (Å²) in [6.07, 6.45) is 2.76. The summed E-state index contributed by atoms with van der Waals surface area (Å²) >= 11 is 1.61. The van der Waals surface area contributed by atoms with Crippen molar-refractivity contribution in [1.29, 1.82) is 0 Å². The van der Waals surface area contributed by atoms with E-state index in [0.717, 1.165) is 28.2 Å². The number of nitrogens with zero attached hydrogens (tertiary/aromatic N) is 2. The summed E-state index contributed by atoms with van der Waals surface area (Å²) in [4.78, 5) is 43.1. The van der Waals surface area contributed by atoms with Gasteiger partial charge in [0, 0.05) is 60.8 Å². The van der Waals surface area contributed by atoms with Gasteiger partial charge in [-0.25, -0.2) is 0 Å². The lowest BCUT2D eigenvalue weighted by atomic mass is 10.1. The maximum absolute atomic E-state index is 12.5. The van der Waals surface area contributed by atoms with Crippen molar-refractivity contribution >= 4 is 28.9 Å². The molecule has 0 aliphatic carbocycles. The van der Waals surface area contributed by atoms with Gasteiger partial charge in [-0.1, -0.05) is 30.3 Å². The standard InChI is InChI=1S/C24H30N2O3S/c1-18-17-21(19(2)30-18)22(27)11-12-24(29)26-15-13-25(14-16-26)23(28)10-6-9-20-7-4-3-5-8-20/h3-5,7-8,17H,6,9-16H2,1-2H3. The summed E-state index contributed by atoms with van der Waals surface area (Å²) in [5, 5.41) is 0. The largest absolute Gasteiger partial charge is 0.339 e. The number of amides is 2. The summed E-state index contributed by atoms with van der Waals surface area (Å²) in [5.41, 5.74) is 2.00. The number of ketones is 1. The number of piperazine rings is 1. The summed E-state index contributed by atoms with van der Waals surface area (Å²) in [6.45, 7) is 6.19. The van der Waals surface area contributed by atoms with E-state index in [4.69, 9.17) is 0 Å². The Morgan fingerprint density at radius 2 is 1.47 bits per heavy atom. The van der Waals surface area contributed by atoms with E-state index in [2.05, 4.69) is 12.1 Å². The maximum atomic E-state index is 12.5. The Balaban J connectivity index is 1.37. The fraction of sp³-hybridized carbons (Fsp3) is 0.458. The molecule has 1 fully saturated rings. The van der Waals surface area contributed by atoms with Crippen LogP contribution in [0.25, 0.3) is 0 Å². The Morgan fingerprint density at radius 1 is 0.867 bits per heavy atom. The van der Waals surface area contributed by atoms with Gasteiger partial charge in [0.2, 0.25) is 11.8 Å². The lowest BCUT2D eigenvalue weighted by Crippen LogP contribution is -2.50. The first-order valence-corrected chi connectivity index (χ1v) is 11.5. The van der Waals surface area contributed by atoms with Crippen molar-refractivity contribution in [2.45, 2.75) is 46.0 Å². The van der Waals surface area contributed by atoms with Crippen LogP contribution in [0.2, 0.25) is 0 Å². The molecule has 3 rings (SSSR count). The third-order valence-corrected chi connectivity index (χ3v) is 6.56. The monoisotopic (exact) mass is 426 g/mol. The third-order valence-electron chi connectivity index (χ3n) is 5.59. The highest BCUT2D eigenvalue weighted by Gasteiger charge is 2.24. The molecule has 0 atom stereocenters. The number of thiophene rings is 1. The van der Waals surface area contributed by atoms with Crippen LogP contribution in [0.3, 0.4) is 0 Å². The summed E-state index contributed by atoms with van der Waals surface area (Å²) in [7, 11) is 0. The van der Waals surface area contributed by atoms with Gasteiger partial charge in [0.25, 0.3) is 0 Å². The van der Waals surface area contributed by atoms with E-state index < -0.39 is 0 Å². The molecule has 30 heavy (non-hydrogen) atoms. The molecule has 1 aromatic heterocycles. The fourth-order valence-electron chi connectivity index (χ4n) is 3.87. The van der Waals surface area contributed by atoms with Crippen LogP contribution in [0, 0.1) is 13.8 Å². The second kappa shape index (κ2) is 10.5. The molecule has 2 aromatic rings. The molecule has 2 heterocycles. The minimum atomic E-state index is 0.00383. The van der Waals surface area contributed by atoms with Crippen LogP contribution in [0.1, 0.15) is 51.4 Å². The Hall–Kier alpha value is -2.47. The van der Waals surface area contributed by atoms with Crippen LogP contribution in [-0.2, 0) is 16.0 Å². The number of carbonyl (C=O) groups is 3. The van der Waals surface area contributed by atoms with E-state index >= 15 is 0 Å². The Kier molecular flexibility index (Phi) is 7.80. The van der Waals surface area contributed by atoms with Gasteiger partial charge in [-0.05, 0) is 38.3 Å². The van der Waals surface area contributed by atoms with Crippen LogP contribution in [0.4, 0.5) is 0 Å². The molecule has 1 aromatic carbocycles. The molecular weight excluding hydrogens is 396 g/mol. The highest BCUT2D eigenvalue weighted by molar-refractivity contribution is 7.12. The molecule has 0 radical (unpaired) electrons. The molecule has 0 bridgehead atoms. The smallest absolute Gasteiger partial charge is 0.223 e. The van der Waals surface area contributed by atoms with Crippen LogP contribution in [0.15, 0.2) is 36.4 Å². The van der Waals surface area contributed by atoms with E-state index in [1.807, 2.05) is 43.0 Å². The lowest BCUT2D eigenvalue weighted by Gasteiger charge is -2.35. The SMILES string of the molecule is Cc1cc(C(=O)CCC(=O)N2CCN(C(=O)CCCc3ccccc3)CC2)c(C)s1. The first-order valence-electron chi connectivity index (χ1n) is 10.6. The Bertz CT molecular complexity index is 883. The fourth-order valence-corrected chi connectivity index (χ4v) is 4.82. The molecule has 6 heteroatoms. The van der Waals surface area contributed by atoms with Gasteiger partial charge in [-0.3, -0.25) is 14.4 Å². The molecule has 1 aliphatic heterocycles. The molecule has 1 saturated heterocycles. The van der Waals surface area contributed by atoms with Gasteiger partial charge in [0.05, 0.1) is 0 Å². The van der Waals surface area contributed by atoms with Gasteiger partial charge in [-0.2, -0.15) is 0 Å². The van der Waals surface area contributed by atoms with Gasteiger partial charge < -0.3 is 9.80 Å². The van der Waals surface area contributed by atoms with E-state index in [1.54, 1.807) is 16.2 Å². The zero-order valence-corrected chi connectivity index (χ0v) is 18.7. The zero-order chi connectivity index (χ0) is 21.5. The molecule has 2 amide bonds. The minimum absolute atomic E-state index is 0.00383. The van der Waals surface area contributed by atoms with Crippen molar-refractivity contribution in [3.05, 3.63) is 57.3 Å². The third kappa shape index (κ3) is 6.02. The molecule has 5 nitrogen and oxygen atoms in total. The van der Waals surface area contributed by atoms with E-state index in [1.165, 1.54) is 5.56 Å². The average molecular weight is 427 g/mol. The van der Waals surface area contributed by atoms with Crippen molar-refractivity contribution in [1.82, 2.24) is 9.80 Å². The van der Waals surface area contributed by atoms with Gasteiger partial charge in [0.1, 0.15) is 0 Å². The molecule has 160 valence electrons. The van der Waals surface area contributed by atoms with Gasteiger partial charge in [-0.15, -0.1) is 11.3 Å². The lowest BCUT2D eigenvalue weighted by molar-refractivity contribution is -0.139. The maximum Gasteiger partial charge on any atom is 0.223 e. The number of aryl methyl sites for hydroxylation is 3. The first kappa shape index (κ1) is 22.2. The Morgan fingerprint density at radius 3 is 2.03 bits per heavy atom. The van der Waals surface area contributed by atoms with Crippen molar-refractivity contribution in [3.8, 4) is 0 Å². The molecule has 1 aliphatic rings. The number of carbonyl (C=O) groups excluding carboxylic acids is 3. The topological polar surface area (TPSA) is 57.7 Å². The summed E-state index contributed by atoms with van der Waals surface area (Å²) < 4.78 is 0. The number of Topliss-reactive ketones (excluding diaryl/α,β-unsaturated/α-hetero) is 1.